The summed E-state index contributed by atoms with van der Waals surface area (Å²) in [5.41, 5.74) is 0.424. The molecule has 9 nitrogen and oxygen atoms in total. The topological polar surface area (TPSA) is 104 Å². The normalized spacial score (nSPS) is 31.0. The van der Waals surface area contributed by atoms with Crippen LogP contribution in [-0.2, 0) is 30.4 Å². The number of ketones is 1. The van der Waals surface area contributed by atoms with E-state index in [1.54, 1.807) is 19.5 Å². The molecule has 2 aromatic rings. The van der Waals surface area contributed by atoms with Crippen molar-refractivity contribution < 1.29 is 33.3 Å². The highest BCUT2D eigenvalue weighted by Gasteiger charge is 2.61. The summed E-state index contributed by atoms with van der Waals surface area (Å²) in [7, 11) is 1.64. The van der Waals surface area contributed by atoms with Gasteiger partial charge in [-0.1, -0.05) is 64.7 Å². The highest BCUT2D eigenvalue weighted by Crippen LogP contribution is 2.49. The molecule has 1 aliphatic carbocycles. The number of thioether (sulfide) groups is 1. The lowest BCUT2D eigenvalue weighted by Gasteiger charge is -2.40. The lowest BCUT2D eigenvalue weighted by molar-refractivity contribution is -0.183. The first kappa shape index (κ1) is 43.4. The predicted molar refractivity (Wildman–Crippen MR) is 220 cm³/mol. The van der Waals surface area contributed by atoms with E-state index in [0.29, 0.717) is 65.1 Å². The number of carbonyl (C=O) groups excluding carboxylic acids is 3. The minimum atomic E-state index is -1.19. The third-order valence-corrected chi connectivity index (χ3v) is 14.0. The van der Waals surface area contributed by atoms with Gasteiger partial charge in [0, 0.05) is 66.3 Å². The van der Waals surface area contributed by atoms with E-state index < -0.39 is 28.8 Å². The third kappa shape index (κ3) is 10.3. The Kier molecular flexibility index (Phi) is 15.1. The van der Waals surface area contributed by atoms with Crippen molar-refractivity contribution in [3.05, 3.63) is 46.2 Å². The number of esters is 2. The molecule has 2 saturated heterocycles. The van der Waals surface area contributed by atoms with E-state index in [1.165, 1.54) is 11.8 Å². The molecule has 1 aromatic heterocycles. The minimum Gasteiger partial charge on any atom is -0.493 e. The number of anilines is 1. The minimum absolute atomic E-state index is 0.114. The molecule has 0 radical (unpaired) electrons. The number of carbonyl (C=O) groups is 3. The molecule has 3 heterocycles. The molecule has 5 rings (SSSR count). The Morgan fingerprint density at radius 1 is 0.927 bits per heavy atom. The van der Waals surface area contributed by atoms with E-state index in [1.807, 2.05) is 52.8 Å². The third-order valence-electron chi connectivity index (χ3n) is 12.1. The SMILES string of the molecule is CCC1OC(=O)C(C)CC(C)CC(C)CC(C)C(=O)C(C)C2C(SCCN(Cc3c(Cl)cncc3Cl)c3ccc(OC)c(OC4CCCC4)c3)C(=O)OC12C. The van der Waals surface area contributed by atoms with Gasteiger partial charge in [-0.05, 0) is 82.3 Å². The lowest BCUT2D eigenvalue weighted by atomic mass is 9.71. The molecule has 1 saturated carbocycles. The standard InChI is InChI=1S/C43H60Cl2N2O7S/c1-9-37-43(7)38(29(6)39(48)27(4)19-25(2)18-26(3)20-28(5)41(49)53-37)40(42(50)54-43)55-17-16-47(24-32-33(44)22-46-23-34(32)45)30-14-15-35(51-8)36(21-30)52-31-12-10-11-13-31/h14-15,21-23,25-29,31,37-38,40H,9-13,16-20,24H2,1-8H3. The number of halogens is 2. The average molecular weight is 820 g/mol. The first-order valence-electron chi connectivity index (χ1n) is 20.1. The zero-order chi connectivity index (χ0) is 40.0. The number of fused-ring (bicyclic) bond motifs is 1. The predicted octanol–water partition coefficient (Wildman–Crippen LogP) is 10.0. The summed E-state index contributed by atoms with van der Waals surface area (Å²) in [6.45, 7) is 14.9. The van der Waals surface area contributed by atoms with Crippen LogP contribution in [0.15, 0.2) is 30.6 Å². The van der Waals surface area contributed by atoms with Crippen LogP contribution >= 0.6 is 35.0 Å². The molecule has 9 unspecified atom stereocenters. The maximum Gasteiger partial charge on any atom is 0.320 e. The molecule has 0 bridgehead atoms. The summed E-state index contributed by atoms with van der Waals surface area (Å²) in [5, 5.41) is 0.255. The number of Topliss-reactive ketones (excluding diaryl/α,β-unsaturated/α-hetero) is 1. The molecule has 0 amide bonds. The van der Waals surface area contributed by atoms with Crippen molar-refractivity contribution in [1.82, 2.24) is 4.98 Å². The summed E-state index contributed by atoms with van der Waals surface area (Å²) in [5.74, 6) is 0.382. The number of ether oxygens (including phenoxy) is 4. The Morgan fingerprint density at radius 2 is 1.58 bits per heavy atom. The molecule has 0 N–H and O–H groups in total. The Bertz CT molecular complexity index is 1640. The van der Waals surface area contributed by atoms with Gasteiger partial charge >= 0.3 is 11.9 Å². The highest BCUT2D eigenvalue weighted by molar-refractivity contribution is 8.00. The second kappa shape index (κ2) is 19.2. The number of cyclic esters (lactones) is 1. The van der Waals surface area contributed by atoms with Gasteiger partial charge in [-0.3, -0.25) is 19.4 Å². The van der Waals surface area contributed by atoms with Crippen LogP contribution in [0.3, 0.4) is 0 Å². The van der Waals surface area contributed by atoms with Crippen molar-refractivity contribution in [2.45, 2.75) is 129 Å². The van der Waals surface area contributed by atoms with Gasteiger partial charge in [0.2, 0.25) is 0 Å². The average Bonchev–Trinajstić information content (AvgIpc) is 3.74. The second-order valence-electron chi connectivity index (χ2n) is 16.5. The largest absolute Gasteiger partial charge is 0.493 e. The maximum atomic E-state index is 14.3. The molecular formula is C43H60Cl2N2O7S. The molecule has 55 heavy (non-hydrogen) atoms. The van der Waals surface area contributed by atoms with Gasteiger partial charge in [-0.2, -0.15) is 0 Å². The quantitative estimate of drug-likeness (QED) is 0.204. The smallest absolute Gasteiger partial charge is 0.320 e. The summed E-state index contributed by atoms with van der Waals surface area (Å²) in [4.78, 5) is 48.2. The van der Waals surface area contributed by atoms with Gasteiger partial charge in [0.05, 0.1) is 29.2 Å². The van der Waals surface area contributed by atoms with Crippen molar-refractivity contribution in [1.29, 1.82) is 0 Å². The summed E-state index contributed by atoms with van der Waals surface area (Å²) < 4.78 is 24.7. The van der Waals surface area contributed by atoms with Crippen LogP contribution in [0, 0.1) is 35.5 Å². The molecule has 12 heteroatoms. The molecule has 3 aliphatic rings. The van der Waals surface area contributed by atoms with Gasteiger partial charge in [0.15, 0.2) is 17.1 Å². The molecule has 304 valence electrons. The van der Waals surface area contributed by atoms with Crippen LogP contribution < -0.4 is 14.4 Å². The zero-order valence-electron chi connectivity index (χ0n) is 33.8. The van der Waals surface area contributed by atoms with Gasteiger partial charge in [0.1, 0.15) is 17.1 Å². The highest BCUT2D eigenvalue weighted by atomic mass is 35.5. The number of benzene rings is 1. The number of hydrogen-bond donors (Lipinski definition) is 0. The van der Waals surface area contributed by atoms with E-state index in [2.05, 4.69) is 23.7 Å². The Balaban J connectivity index is 1.45. The van der Waals surface area contributed by atoms with Gasteiger partial charge < -0.3 is 23.8 Å². The van der Waals surface area contributed by atoms with E-state index in [0.717, 1.165) is 49.8 Å². The van der Waals surface area contributed by atoms with Crippen LogP contribution in [0.2, 0.25) is 10.0 Å². The Morgan fingerprint density at radius 3 is 2.22 bits per heavy atom. The first-order valence-corrected chi connectivity index (χ1v) is 21.9. The van der Waals surface area contributed by atoms with Crippen molar-refractivity contribution in [2.75, 3.05) is 24.3 Å². The van der Waals surface area contributed by atoms with Gasteiger partial charge in [-0.15, -0.1) is 11.8 Å². The second-order valence-corrected chi connectivity index (χ2v) is 18.6. The number of nitrogens with zero attached hydrogens (tertiary/aromatic N) is 2. The lowest BCUT2D eigenvalue weighted by Crippen LogP contribution is -2.52. The van der Waals surface area contributed by atoms with E-state index in [4.69, 9.17) is 42.1 Å². The Hall–Kier alpha value is -2.69. The van der Waals surface area contributed by atoms with Crippen LogP contribution in [0.25, 0.3) is 0 Å². The fourth-order valence-corrected chi connectivity index (χ4v) is 11.3. The first-order chi connectivity index (χ1) is 26.2. The van der Waals surface area contributed by atoms with E-state index in [9.17, 15) is 14.4 Å². The number of aromatic nitrogens is 1. The molecule has 1 aromatic carbocycles. The molecular weight excluding hydrogens is 759 g/mol. The fourth-order valence-electron chi connectivity index (χ4n) is 9.30. The maximum absolute atomic E-state index is 14.3. The summed E-state index contributed by atoms with van der Waals surface area (Å²) in [6, 6.07) is 5.89. The van der Waals surface area contributed by atoms with Crippen LogP contribution in [0.5, 0.6) is 11.5 Å². The van der Waals surface area contributed by atoms with Crippen molar-refractivity contribution in [3.63, 3.8) is 0 Å². The molecule has 0 spiro atoms. The van der Waals surface area contributed by atoms with E-state index >= 15 is 0 Å². The summed E-state index contributed by atoms with van der Waals surface area (Å²) in [6.07, 6.45) is 9.71. The van der Waals surface area contributed by atoms with Crippen LogP contribution in [-0.4, -0.2) is 65.2 Å². The summed E-state index contributed by atoms with van der Waals surface area (Å²) >= 11 is 14.8. The van der Waals surface area contributed by atoms with Crippen molar-refractivity contribution in [3.8, 4) is 11.5 Å². The number of hydrogen-bond acceptors (Lipinski definition) is 10. The number of pyridine rings is 1. The Labute approximate surface area is 342 Å². The van der Waals surface area contributed by atoms with E-state index in [-0.39, 0.29) is 35.7 Å². The zero-order valence-corrected chi connectivity index (χ0v) is 36.1. The molecule has 3 fully saturated rings. The monoisotopic (exact) mass is 818 g/mol. The van der Waals surface area contributed by atoms with Gasteiger partial charge in [0.25, 0.3) is 0 Å². The van der Waals surface area contributed by atoms with Crippen molar-refractivity contribution in [2.24, 2.45) is 35.5 Å². The molecule has 2 aliphatic heterocycles. The van der Waals surface area contributed by atoms with Crippen LogP contribution in [0.1, 0.15) is 105 Å². The van der Waals surface area contributed by atoms with Crippen molar-refractivity contribution >= 4 is 58.4 Å². The number of methoxy groups -OCH3 is 1. The van der Waals surface area contributed by atoms with Crippen LogP contribution in [0.4, 0.5) is 5.69 Å². The fraction of sp³-hybridized carbons (Fsp3) is 0.674. The number of rotatable bonds is 11. The van der Waals surface area contributed by atoms with Gasteiger partial charge in [-0.25, -0.2) is 0 Å². The molecule has 9 atom stereocenters.